The molecular formula is C19H26O4. The molecule has 2 unspecified atom stereocenters. The summed E-state index contributed by atoms with van der Waals surface area (Å²) in [5, 5.41) is 8.54. The van der Waals surface area contributed by atoms with Crippen molar-refractivity contribution < 1.29 is 19.5 Å². The monoisotopic (exact) mass is 318 g/mol. The third-order valence-electron chi connectivity index (χ3n) is 4.12. The fraction of sp³-hybridized carbons (Fsp3) is 0.632. The second kappa shape index (κ2) is 10.8. The molecule has 0 aromatic heterocycles. The second-order valence-electron chi connectivity index (χ2n) is 6.01. The molecule has 23 heavy (non-hydrogen) atoms. The van der Waals surface area contributed by atoms with Gasteiger partial charge in [0.05, 0.1) is 6.42 Å². The highest BCUT2D eigenvalue weighted by molar-refractivity contribution is 5.90. The zero-order valence-corrected chi connectivity index (χ0v) is 13.8. The maximum absolute atomic E-state index is 11.9. The van der Waals surface area contributed by atoms with Crippen molar-refractivity contribution in [3.8, 4) is 11.8 Å². The predicted octanol–water partition coefficient (Wildman–Crippen LogP) is 3.55. The van der Waals surface area contributed by atoms with Gasteiger partial charge in [-0.25, -0.2) is 0 Å². The summed E-state index contributed by atoms with van der Waals surface area (Å²) in [6.07, 6.45) is 9.27. The van der Waals surface area contributed by atoms with Gasteiger partial charge in [0.25, 0.3) is 0 Å². The lowest BCUT2D eigenvalue weighted by molar-refractivity contribution is -0.136. The number of hydrogen-bond donors (Lipinski definition) is 1. The van der Waals surface area contributed by atoms with Crippen molar-refractivity contribution in [1.29, 1.82) is 0 Å². The van der Waals surface area contributed by atoms with E-state index in [-0.39, 0.29) is 29.8 Å². The molecule has 1 saturated carbocycles. The van der Waals surface area contributed by atoms with E-state index in [0.717, 1.165) is 25.7 Å². The highest BCUT2D eigenvalue weighted by atomic mass is 16.4. The van der Waals surface area contributed by atoms with Crippen molar-refractivity contribution in [3.05, 3.63) is 12.2 Å². The molecule has 2 atom stereocenters. The van der Waals surface area contributed by atoms with Crippen LogP contribution in [-0.2, 0) is 14.4 Å². The van der Waals surface area contributed by atoms with Gasteiger partial charge in [-0.1, -0.05) is 25.8 Å². The number of Topliss-reactive ketones (excluding diaryl/α,β-unsaturated/α-hetero) is 1. The Balaban J connectivity index is 2.45. The van der Waals surface area contributed by atoms with E-state index in [1.807, 2.05) is 6.08 Å². The molecule has 0 aliphatic heterocycles. The predicted molar refractivity (Wildman–Crippen MR) is 88.8 cm³/mol. The van der Waals surface area contributed by atoms with Crippen molar-refractivity contribution in [2.75, 3.05) is 0 Å². The van der Waals surface area contributed by atoms with Crippen LogP contribution in [0.4, 0.5) is 0 Å². The van der Waals surface area contributed by atoms with Gasteiger partial charge in [-0.15, -0.1) is 11.8 Å². The summed E-state index contributed by atoms with van der Waals surface area (Å²) in [7, 11) is 0. The average molecular weight is 318 g/mol. The van der Waals surface area contributed by atoms with Crippen LogP contribution in [-0.4, -0.2) is 22.6 Å². The van der Waals surface area contributed by atoms with Crippen molar-refractivity contribution in [3.63, 3.8) is 0 Å². The minimum atomic E-state index is -0.862. The number of aliphatic carboxylic acids is 1. The topological polar surface area (TPSA) is 71.4 Å². The molecule has 1 aliphatic rings. The molecule has 4 nitrogen and oxygen atoms in total. The van der Waals surface area contributed by atoms with E-state index in [1.165, 1.54) is 0 Å². The molecule has 4 heteroatoms. The summed E-state index contributed by atoms with van der Waals surface area (Å²) in [5.74, 6) is 5.14. The number of carbonyl (C=O) groups is 3. The Hall–Kier alpha value is -1.89. The average Bonchev–Trinajstić information content (AvgIpc) is 2.85. The second-order valence-corrected chi connectivity index (χ2v) is 6.01. The maximum Gasteiger partial charge on any atom is 0.304 e. The standard InChI is InChI=1S/C19H26O4/c1-2-3-5-8-16(20)13-11-15-12-14-18(21)17(15)9-6-4-7-10-19(22)23/h11,13,15,17H,2-3,5,7-10,12,14H2,1H3,(H,22,23)/b13-11+. The highest BCUT2D eigenvalue weighted by Crippen LogP contribution is 2.32. The lowest BCUT2D eigenvalue weighted by Gasteiger charge is -2.11. The van der Waals surface area contributed by atoms with Gasteiger partial charge >= 0.3 is 5.97 Å². The molecule has 0 spiro atoms. The van der Waals surface area contributed by atoms with E-state index in [0.29, 0.717) is 25.7 Å². The summed E-state index contributed by atoms with van der Waals surface area (Å²) in [6.45, 7) is 2.10. The minimum absolute atomic E-state index is 0.0290. The third-order valence-corrected chi connectivity index (χ3v) is 4.12. The van der Waals surface area contributed by atoms with E-state index < -0.39 is 5.97 Å². The third kappa shape index (κ3) is 7.78. The molecule has 126 valence electrons. The fourth-order valence-electron chi connectivity index (χ4n) is 2.73. The number of unbranched alkanes of at least 4 members (excludes halogenated alkanes) is 2. The van der Waals surface area contributed by atoms with Gasteiger partial charge in [-0.05, 0) is 24.8 Å². The van der Waals surface area contributed by atoms with Crippen molar-refractivity contribution in [2.45, 2.75) is 64.7 Å². The first-order chi connectivity index (χ1) is 11.0. The summed E-state index contributed by atoms with van der Waals surface area (Å²) in [4.78, 5) is 34.1. The van der Waals surface area contributed by atoms with Gasteiger partial charge in [0, 0.05) is 31.6 Å². The van der Waals surface area contributed by atoms with Crippen LogP contribution in [0, 0.1) is 23.7 Å². The summed E-state index contributed by atoms with van der Waals surface area (Å²) in [6, 6.07) is 0. The number of carboxylic acids is 1. The van der Waals surface area contributed by atoms with E-state index in [9.17, 15) is 14.4 Å². The Morgan fingerprint density at radius 2 is 2.04 bits per heavy atom. The van der Waals surface area contributed by atoms with Crippen LogP contribution < -0.4 is 0 Å². The molecule has 0 heterocycles. The number of allylic oxidation sites excluding steroid dienone is 2. The molecule has 0 radical (unpaired) electrons. The maximum atomic E-state index is 11.9. The smallest absolute Gasteiger partial charge is 0.304 e. The van der Waals surface area contributed by atoms with Gasteiger partial charge in [-0.3, -0.25) is 14.4 Å². The van der Waals surface area contributed by atoms with Crippen molar-refractivity contribution in [2.24, 2.45) is 11.8 Å². The normalized spacial score (nSPS) is 20.5. The molecule has 0 amide bonds. The summed E-state index contributed by atoms with van der Waals surface area (Å²) < 4.78 is 0. The van der Waals surface area contributed by atoms with Gasteiger partial charge in [-0.2, -0.15) is 0 Å². The quantitative estimate of drug-likeness (QED) is 0.401. The summed E-state index contributed by atoms with van der Waals surface area (Å²) in [5.41, 5.74) is 0. The molecule has 1 N–H and O–H groups in total. The van der Waals surface area contributed by atoms with E-state index in [1.54, 1.807) is 6.08 Å². The van der Waals surface area contributed by atoms with Crippen molar-refractivity contribution >= 4 is 17.5 Å². The van der Waals surface area contributed by atoms with Gasteiger partial charge in [0.1, 0.15) is 5.78 Å². The number of hydrogen-bond acceptors (Lipinski definition) is 3. The molecule has 1 rings (SSSR count). The SMILES string of the molecule is CCCCCC(=O)/C=C/C1CCC(=O)C1CC#CCCC(=O)O. The molecule has 0 bridgehead atoms. The lowest BCUT2D eigenvalue weighted by Crippen LogP contribution is -2.12. The Bertz CT molecular complexity index is 507. The van der Waals surface area contributed by atoms with Crippen LogP contribution in [0.2, 0.25) is 0 Å². The van der Waals surface area contributed by atoms with Crippen LogP contribution in [0.3, 0.4) is 0 Å². The minimum Gasteiger partial charge on any atom is -0.481 e. The Labute approximate surface area is 138 Å². The number of ketones is 2. The van der Waals surface area contributed by atoms with Crippen LogP contribution in [0.25, 0.3) is 0 Å². The fourth-order valence-corrected chi connectivity index (χ4v) is 2.73. The molecule has 0 aromatic rings. The Morgan fingerprint density at radius 3 is 2.74 bits per heavy atom. The Kier molecular flexibility index (Phi) is 8.97. The van der Waals surface area contributed by atoms with E-state index >= 15 is 0 Å². The largest absolute Gasteiger partial charge is 0.481 e. The van der Waals surface area contributed by atoms with Crippen molar-refractivity contribution in [1.82, 2.24) is 0 Å². The molecule has 0 aromatic carbocycles. The zero-order chi connectivity index (χ0) is 17.1. The van der Waals surface area contributed by atoms with E-state index in [2.05, 4.69) is 18.8 Å². The Morgan fingerprint density at radius 1 is 1.26 bits per heavy atom. The van der Waals surface area contributed by atoms with Gasteiger partial charge in [0.15, 0.2) is 5.78 Å². The van der Waals surface area contributed by atoms with Crippen LogP contribution in [0.5, 0.6) is 0 Å². The number of rotatable bonds is 9. The first-order valence-corrected chi connectivity index (χ1v) is 8.45. The first-order valence-electron chi connectivity index (χ1n) is 8.45. The van der Waals surface area contributed by atoms with Crippen LogP contribution in [0.1, 0.15) is 64.7 Å². The summed E-state index contributed by atoms with van der Waals surface area (Å²) >= 11 is 0. The number of carboxylic acid groups (broad SMARTS) is 1. The van der Waals surface area contributed by atoms with Gasteiger partial charge < -0.3 is 5.11 Å². The first kappa shape index (κ1) is 19.2. The molecule has 0 saturated heterocycles. The van der Waals surface area contributed by atoms with Crippen LogP contribution in [0.15, 0.2) is 12.2 Å². The molecular weight excluding hydrogens is 292 g/mol. The molecule has 1 aliphatic carbocycles. The zero-order valence-electron chi connectivity index (χ0n) is 13.8. The number of carbonyl (C=O) groups excluding carboxylic acids is 2. The van der Waals surface area contributed by atoms with Crippen LogP contribution >= 0.6 is 0 Å². The van der Waals surface area contributed by atoms with E-state index in [4.69, 9.17) is 5.11 Å². The lowest BCUT2D eigenvalue weighted by atomic mass is 9.91. The highest BCUT2D eigenvalue weighted by Gasteiger charge is 2.32. The van der Waals surface area contributed by atoms with Gasteiger partial charge in [0.2, 0.25) is 0 Å². The molecule has 1 fully saturated rings.